The molecule has 2 rings (SSSR count). The Kier molecular flexibility index (Phi) is 3.27. The zero-order chi connectivity index (χ0) is 10.7. The van der Waals surface area contributed by atoms with Crippen LogP contribution in [0.4, 0.5) is 0 Å². The van der Waals surface area contributed by atoms with E-state index < -0.39 is 0 Å². The van der Waals surface area contributed by atoms with Gasteiger partial charge in [0, 0.05) is 5.02 Å². The second-order valence-corrected chi connectivity index (χ2v) is 4.26. The number of ether oxygens (including phenoxy) is 1. The minimum absolute atomic E-state index is 0.252. The molecule has 0 spiro atoms. The van der Waals surface area contributed by atoms with Crippen molar-refractivity contribution < 1.29 is 9.53 Å². The maximum atomic E-state index is 10.8. The van der Waals surface area contributed by atoms with E-state index in [9.17, 15) is 4.79 Å². The van der Waals surface area contributed by atoms with Crippen LogP contribution in [0.15, 0.2) is 18.2 Å². The molecule has 0 heterocycles. The third kappa shape index (κ3) is 2.51. The third-order valence-corrected chi connectivity index (χ3v) is 2.93. The fourth-order valence-corrected chi connectivity index (χ4v) is 2.06. The Morgan fingerprint density at radius 1 is 1.33 bits per heavy atom. The summed E-state index contributed by atoms with van der Waals surface area (Å²) in [6.07, 6.45) is 5.63. The minimum Gasteiger partial charge on any atom is -0.490 e. The van der Waals surface area contributed by atoms with E-state index >= 15 is 0 Å². The minimum atomic E-state index is 0.252. The van der Waals surface area contributed by atoms with Gasteiger partial charge in [0.2, 0.25) is 0 Å². The van der Waals surface area contributed by atoms with Crippen molar-refractivity contribution in [1.29, 1.82) is 0 Å². The number of rotatable bonds is 3. The average molecular weight is 225 g/mol. The van der Waals surface area contributed by atoms with Crippen LogP contribution in [0.5, 0.6) is 5.75 Å². The van der Waals surface area contributed by atoms with Crippen LogP contribution in [-0.2, 0) is 0 Å². The summed E-state index contributed by atoms with van der Waals surface area (Å²) in [4.78, 5) is 10.8. The Balaban J connectivity index is 2.17. The molecule has 0 amide bonds. The molecule has 0 aliphatic heterocycles. The number of hydrogen-bond acceptors (Lipinski definition) is 2. The van der Waals surface area contributed by atoms with Crippen LogP contribution in [0.2, 0.25) is 5.02 Å². The quantitative estimate of drug-likeness (QED) is 0.735. The average Bonchev–Trinajstić information content (AvgIpc) is 2.71. The van der Waals surface area contributed by atoms with Gasteiger partial charge in [-0.05, 0) is 43.9 Å². The molecular weight excluding hydrogens is 212 g/mol. The monoisotopic (exact) mass is 224 g/mol. The van der Waals surface area contributed by atoms with Gasteiger partial charge in [0.15, 0.2) is 6.29 Å². The molecule has 0 saturated heterocycles. The summed E-state index contributed by atoms with van der Waals surface area (Å²) in [7, 11) is 0. The fraction of sp³-hybridized carbons (Fsp3) is 0.417. The molecule has 1 aliphatic carbocycles. The molecule has 0 atom stereocenters. The molecule has 0 radical (unpaired) electrons. The maximum absolute atomic E-state index is 10.8. The number of benzene rings is 1. The van der Waals surface area contributed by atoms with E-state index in [0.29, 0.717) is 16.3 Å². The van der Waals surface area contributed by atoms with Crippen molar-refractivity contribution in [3.63, 3.8) is 0 Å². The highest BCUT2D eigenvalue weighted by molar-refractivity contribution is 6.30. The summed E-state index contributed by atoms with van der Waals surface area (Å²) in [5.41, 5.74) is 0.575. The lowest BCUT2D eigenvalue weighted by atomic mass is 10.2. The van der Waals surface area contributed by atoms with Crippen LogP contribution in [0.25, 0.3) is 0 Å². The molecule has 0 bridgehead atoms. The van der Waals surface area contributed by atoms with Gasteiger partial charge in [-0.1, -0.05) is 11.6 Å². The lowest BCUT2D eigenvalue weighted by Gasteiger charge is -2.14. The van der Waals surface area contributed by atoms with Crippen molar-refractivity contribution in [2.75, 3.05) is 0 Å². The molecular formula is C12H13ClO2. The summed E-state index contributed by atoms with van der Waals surface area (Å²) in [5.74, 6) is 0.615. The van der Waals surface area contributed by atoms with Gasteiger partial charge < -0.3 is 4.74 Å². The first-order chi connectivity index (χ1) is 7.29. The Morgan fingerprint density at radius 3 is 2.73 bits per heavy atom. The molecule has 0 unspecified atom stereocenters. The first-order valence-corrected chi connectivity index (χ1v) is 5.59. The van der Waals surface area contributed by atoms with E-state index in [-0.39, 0.29) is 6.10 Å². The molecule has 2 nitrogen and oxygen atoms in total. The van der Waals surface area contributed by atoms with Gasteiger partial charge in [-0.3, -0.25) is 4.79 Å². The predicted molar refractivity (Wildman–Crippen MR) is 59.7 cm³/mol. The lowest BCUT2D eigenvalue weighted by Crippen LogP contribution is -2.12. The van der Waals surface area contributed by atoms with Crippen molar-refractivity contribution in [3.8, 4) is 5.75 Å². The zero-order valence-corrected chi connectivity index (χ0v) is 9.17. The summed E-state index contributed by atoms with van der Waals surface area (Å²) < 4.78 is 5.76. The van der Waals surface area contributed by atoms with Gasteiger partial charge in [-0.15, -0.1) is 0 Å². The lowest BCUT2D eigenvalue weighted by molar-refractivity contribution is 0.111. The number of hydrogen-bond donors (Lipinski definition) is 0. The van der Waals surface area contributed by atoms with E-state index in [0.717, 1.165) is 19.1 Å². The highest BCUT2D eigenvalue weighted by Gasteiger charge is 2.17. The number of aldehydes is 1. The number of carbonyl (C=O) groups excluding carboxylic acids is 1. The molecule has 80 valence electrons. The molecule has 1 aliphatic rings. The Hall–Kier alpha value is -1.02. The molecule has 1 aromatic rings. The molecule has 15 heavy (non-hydrogen) atoms. The van der Waals surface area contributed by atoms with E-state index in [1.54, 1.807) is 18.2 Å². The third-order valence-electron chi connectivity index (χ3n) is 2.70. The van der Waals surface area contributed by atoms with Crippen LogP contribution in [0.1, 0.15) is 36.0 Å². The number of carbonyl (C=O) groups is 1. The molecule has 1 aromatic carbocycles. The summed E-state index contributed by atoms with van der Waals surface area (Å²) in [5, 5.41) is 0.605. The van der Waals surface area contributed by atoms with Crippen LogP contribution in [0.3, 0.4) is 0 Å². The van der Waals surface area contributed by atoms with Gasteiger partial charge in [-0.25, -0.2) is 0 Å². The summed E-state index contributed by atoms with van der Waals surface area (Å²) >= 11 is 5.86. The first kappa shape index (κ1) is 10.5. The van der Waals surface area contributed by atoms with Gasteiger partial charge >= 0.3 is 0 Å². The van der Waals surface area contributed by atoms with Crippen LogP contribution in [0, 0.1) is 0 Å². The van der Waals surface area contributed by atoms with Crippen molar-refractivity contribution >= 4 is 17.9 Å². The van der Waals surface area contributed by atoms with E-state index in [1.165, 1.54) is 12.8 Å². The predicted octanol–water partition coefficient (Wildman–Crippen LogP) is 3.47. The molecule has 3 heteroatoms. The van der Waals surface area contributed by atoms with Gasteiger partial charge in [0.25, 0.3) is 0 Å². The topological polar surface area (TPSA) is 26.3 Å². The molecule has 0 N–H and O–H groups in total. The van der Waals surface area contributed by atoms with E-state index in [1.807, 2.05) is 0 Å². The first-order valence-electron chi connectivity index (χ1n) is 5.21. The van der Waals surface area contributed by atoms with Gasteiger partial charge in [-0.2, -0.15) is 0 Å². The second kappa shape index (κ2) is 4.67. The van der Waals surface area contributed by atoms with E-state index in [4.69, 9.17) is 16.3 Å². The largest absolute Gasteiger partial charge is 0.490 e. The van der Waals surface area contributed by atoms with Crippen molar-refractivity contribution in [3.05, 3.63) is 28.8 Å². The number of halogens is 1. The normalized spacial score (nSPS) is 16.6. The smallest absolute Gasteiger partial charge is 0.153 e. The second-order valence-electron chi connectivity index (χ2n) is 3.82. The standard InChI is InChI=1S/C12H13ClO2/c13-10-6-5-9(8-14)12(7-10)15-11-3-1-2-4-11/h5-8,11H,1-4H2. The van der Waals surface area contributed by atoms with E-state index in [2.05, 4.69) is 0 Å². The summed E-state index contributed by atoms with van der Waals surface area (Å²) in [6, 6.07) is 5.11. The van der Waals surface area contributed by atoms with Crippen LogP contribution in [-0.4, -0.2) is 12.4 Å². The maximum Gasteiger partial charge on any atom is 0.153 e. The highest BCUT2D eigenvalue weighted by Crippen LogP contribution is 2.28. The Morgan fingerprint density at radius 2 is 2.07 bits per heavy atom. The van der Waals surface area contributed by atoms with Crippen LogP contribution < -0.4 is 4.74 Å². The fourth-order valence-electron chi connectivity index (χ4n) is 1.89. The summed E-state index contributed by atoms with van der Waals surface area (Å²) in [6.45, 7) is 0. The van der Waals surface area contributed by atoms with Crippen LogP contribution >= 0.6 is 11.6 Å². The Labute approximate surface area is 94.2 Å². The van der Waals surface area contributed by atoms with Gasteiger partial charge in [0.05, 0.1) is 11.7 Å². The highest BCUT2D eigenvalue weighted by atomic mass is 35.5. The SMILES string of the molecule is O=Cc1ccc(Cl)cc1OC1CCCC1. The Bertz CT molecular complexity index is 357. The van der Waals surface area contributed by atoms with Gasteiger partial charge in [0.1, 0.15) is 5.75 Å². The molecule has 1 saturated carbocycles. The molecule has 0 aromatic heterocycles. The molecule has 1 fully saturated rings. The van der Waals surface area contributed by atoms with Crippen molar-refractivity contribution in [2.45, 2.75) is 31.8 Å². The van der Waals surface area contributed by atoms with Crippen molar-refractivity contribution in [2.24, 2.45) is 0 Å². The zero-order valence-electron chi connectivity index (χ0n) is 8.41. The van der Waals surface area contributed by atoms with Crippen molar-refractivity contribution in [1.82, 2.24) is 0 Å².